The Kier molecular flexibility index (Phi) is 4.35. The van der Waals surface area contributed by atoms with E-state index in [1.807, 2.05) is 35.3 Å². The van der Waals surface area contributed by atoms with Crippen molar-refractivity contribution in [3.63, 3.8) is 0 Å². The van der Waals surface area contributed by atoms with Gasteiger partial charge in [-0.05, 0) is 48.0 Å². The minimum atomic E-state index is -0.272. The van der Waals surface area contributed by atoms with Gasteiger partial charge >= 0.3 is 0 Å². The van der Waals surface area contributed by atoms with Crippen molar-refractivity contribution in [1.82, 2.24) is 0 Å². The summed E-state index contributed by atoms with van der Waals surface area (Å²) in [5.41, 5.74) is 3.24. The van der Waals surface area contributed by atoms with Crippen LogP contribution < -0.4 is 5.01 Å². The van der Waals surface area contributed by atoms with Gasteiger partial charge in [0.25, 0.3) is 0 Å². The van der Waals surface area contributed by atoms with E-state index in [1.165, 1.54) is 12.1 Å². The maximum absolute atomic E-state index is 13.3. The molecule has 1 N–H and O–H groups in total. The summed E-state index contributed by atoms with van der Waals surface area (Å²) in [7, 11) is 0. The largest absolute Gasteiger partial charge is 0.507 e. The van der Waals surface area contributed by atoms with Crippen molar-refractivity contribution in [1.29, 1.82) is 0 Å². The van der Waals surface area contributed by atoms with Gasteiger partial charge in [-0.15, -0.1) is 0 Å². The van der Waals surface area contributed by atoms with Crippen molar-refractivity contribution >= 4 is 23.0 Å². The third-order valence-corrected chi connectivity index (χ3v) is 4.69. The molecule has 130 valence electrons. The van der Waals surface area contributed by atoms with Crippen molar-refractivity contribution in [3.05, 3.63) is 94.8 Å². The topological polar surface area (TPSA) is 35.8 Å². The first-order chi connectivity index (χ1) is 12.6. The molecule has 1 aliphatic heterocycles. The molecule has 0 fully saturated rings. The van der Waals surface area contributed by atoms with Crippen LogP contribution in [0.25, 0.3) is 0 Å². The highest BCUT2D eigenvalue weighted by molar-refractivity contribution is 6.31. The van der Waals surface area contributed by atoms with Gasteiger partial charge in [0.15, 0.2) is 0 Å². The lowest BCUT2D eigenvalue weighted by molar-refractivity contribution is 0.474. The molecule has 3 aromatic carbocycles. The Morgan fingerprint density at radius 3 is 2.46 bits per heavy atom. The predicted molar refractivity (Wildman–Crippen MR) is 102 cm³/mol. The second kappa shape index (κ2) is 6.81. The van der Waals surface area contributed by atoms with Gasteiger partial charge in [-0.25, -0.2) is 4.39 Å². The lowest BCUT2D eigenvalue weighted by atomic mass is 9.97. The van der Waals surface area contributed by atoms with E-state index in [0.717, 1.165) is 17.0 Å². The minimum Gasteiger partial charge on any atom is -0.507 e. The number of nitrogens with zero attached hydrogens (tertiary/aromatic N) is 2. The molecule has 0 bridgehead atoms. The molecule has 0 amide bonds. The summed E-state index contributed by atoms with van der Waals surface area (Å²) in [4.78, 5) is 0. The molecule has 0 saturated carbocycles. The predicted octanol–water partition coefficient (Wildman–Crippen LogP) is 5.54. The highest BCUT2D eigenvalue weighted by Gasteiger charge is 2.31. The third kappa shape index (κ3) is 3.16. The first kappa shape index (κ1) is 16.6. The van der Waals surface area contributed by atoms with Gasteiger partial charge in [-0.1, -0.05) is 41.9 Å². The number of phenols is 1. The Labute approximate surface area is 156 Å². The molecule has 0 aromatic heterocycles. The fourth-order valence-corrected chi connectivity index (χ4v) is 3.35. The fraction of sp³-hybridized carbons (Fsp3) is 0.0952. The van der Waals surface area contributed by atoms with Gasteiger partial charge in [-0.3, -0.25) is 5.01 Å². The molecule has 1 atom stereocenters. The SMILES string of the molecule is Oc1ccc(Cl)cc1C1=NN(c2ccccc2)[C@H](c2ccc(F)cc2)C1. The Morgan fingerprint density at radius 2 is 1.73 bits per heavy atom. The standard InChI is InChI=1S/C21H16ClFN2O/c22-15-8-11-21(26)18(12-15)19-13-20(14-6-9-16(23)10-7-14)25(24-19)17-4-2-1-3-5-17/h1-12,20,26H,13H2/t20-/m0/s1. The van der Waals surface area contributed by atoms with Crippen LogP contribution in [0, 0.1) is 5.82 Å². The summed E-state index contributed by atoms with van der Waals surface area (Å²) in [6, 6.07) is 21.1. The molecule has 1 aliphatic rings. The van der Waals surface area contributed by atoms with E-state index < -0.39 is 0 Å². The highest BCUT2D eigenvalue weighted by atomic mass is 35.5. The summed E-state index contributed by atoms with van der Waals surface area (Å²) >= 11 is 6.10. The number of halogens is 2. The number of phenolic OH excluding ortho intramolecular Hbond substituents is 1. The van der Waals surface area contributed by atoms with E-state index in [9.17, 15) is 9.50 Å². The number of hydrogen-bond acceptors (Lipinski definition) is 3. The first-order valence-electron chi connectivity index (χ1n) is 8.28. The number of benzene rings is 3. The number of anilines is 1. The van der Waals surface area contributed by atoms with Crippen LogP contribution in [0.2, 0.25) is 5.02 Å². The smallest absolute Gasteiger partial charge is 0.124 e. The molecular weight excluding hydrogens is 351 g/mol. The molecule has 1 heterocycles. The molecule has 4 rings (SSSR count). The summed E-state index contributed by atoms with van der Waals surface area (Å²) in [6.45, 7) is 0. The second-order valence-corrected chi connectivity index (χ2v) is 6.60. The highest BCUT2D eigenvalue weighted by Crippen LogP contribution is 2.38. The second-order valence-electron chi connectivity index (χ2n) is 6.16. The van der Waals surface area contributed by atoms with Crippen LogP contribution >= 0.6 is 11.6 Å². The monoisotopic (exact) mass is 366 g/mol. The van der Waals surface area contributed by atoms with Crippen molar-refractivity contribution in [2.24, 2.45) is 5.10 Å². The van der Waals surface area contributed by atoms with Crippen LogP contribution in [-0.4, -0.2) is 10.8 Å². The lowest BCUT2D eigenvalue weighted by Gasteiger charge is -2.23. The van der Waals surface area contributed by atoms with Crippen molar-refractivity contribution in [2.45, 2.75) is 12.5 Å². The average molecular weight is 367 g/mol. The van der Waals surface area contributed by atoms with Crippen LogP contribution in [0.3, 0.4) is 0 Å². The van der Waals surface area contributed by atoms with Crippen LogP contribution in [0.1, 0.15) is 23.6 Å². The zero-order chi connectivity index (χ0) is 18.1. The molecule has 3 aromatic rings. The van der Waals surface area contributed by atoms with Crippen molar-refractivity contribution in [3.8, 4) is 5.75 Å². The zero-order valence-electron chi connectivity index (χ0n) is 13.8. The summed E-state index contributed by atoms with van der Waals surface area (Å²) < 4.78 is 13.3. The van der Waals surface area contributed by atoms with Crippen molar-refractivity contribution in [2.75, 3.05) is 5.01 Å². The molecule has 0 radical (unpaired) electrons. The summed E-state index contributed by atoms with van der Waals surface area (Å²) in [5.74, 6) is -0.132. The van der Waals surface area contributed by atoms with E-state index in [1.54, 1.807) is 30.3 Å². The van der Waals surface area contributed by atoms with Crippen LogP contribution in [-0.2, 0) is 0 Å². The van der Waals surface area contributed by atoms with Crippen LogP contribution in [0.4, 0.5) is 10.1 Å². The maximum Gasteiger partial charge on any atom is 0.124 e. The van der Waals surface area contributed by atoms with Crippen molar-refractivity contribution < 1.29 is 9.50 Å². The van der Waals surface area contributed by atoms with Gasteiger partial charge in [-0.2, -0.15) is 5.10 Å². The normalized spacial score (nSPS) is 16.6. The van der Waals surface area contributed by atoms with Gasteiger partial charge in [0.2, 0.25) is 0 Å². The van der Waals surface area contributed by atoms with Gasteiger partial charge in [0.05, 0.1) is 17.4 Å². The maximum atomic E-state index is 13.3. The number of aromatic hydroxyl groups is 1. The molecule has 3 nitrogen and oxygen atoms in total. The zero-order valence-corrected chi connectivity index (χ0v) is 14.6. The quantitative estimate of drug-likeness (QED) is 0.660. The average Bonchev–Trinajstić information content (AvgIpc) is 3.10. The third-order valence-electron chi connectivity index (χ3n) is 4.46. The van der Waals surface area contributed by atoms with Crippen LogP contribution in [0.5, 0.6) is 5.75 Å². The lowest BCUT2D eigenvalue weighted by Crippen LogP contribution is -2.18. The molecule has 0 spiro atoms. The Hall–Kier alpha value is -2.85. The number of hydrogen-bond donors (Lipinski definition) is 1. The molecule has 0 saturated heterocycles. The number of para-hydroxylation sites is 1. The van der Waals surface area contributed by atoms with E-state index in [2.05, 4.69) is 0 Å². The van der Waals surface area contributed by atoms with E-state index >= 15 is 0 Å². The Bertz CT molecular complexity index is 958. The molecule has 5 heteroatoms. The summed E-state index contributed by atoms with van der Waals surface area (Å²) in [5, 5.41) is 17.4. The minimum absolute atomic E-state index is 0.0913. The first-order valence-corrected chi connectivity index (χ1v) is 8.66. The fourth-order valence-electron chi connectivity index (χ4n) is 3.18. The van der Waals surface area contributed by atoms with E-state index in [4.69, 9.17) is 16.7 Å². The number of hydrazone groups is 1. The van der Waals surface area contributed by atoms with Gasteiger partial charge < -0.3 is 5.11 Å². The van der Waals surface area contributed by atoms with Gasteiger partial charge in [0.1, 0.15) is 11.6 Å². The number of rotatable bonds is 3. The molecule has 0 unspecified atom stereocenters. The Morgan fingerprint density at radius 1 is 1.00 bits per heavy atom. The van der Waals surface area contributed by atoms with E-state index in [-0.39, 0.29) is 17.6 Å². The molecule has 26 heavy (non-hydrogen) atoms. The Balaban J connectivity index is 1.78. The molecule has 0 aliphatic carbocycles. The van der Waals surface area contributed by atoms with E-state index in [0.29, 0.717) is 17.0 Å². The molecular formula is C21H16ClFN2O. The summed E-state index contributed by atoms with van der Waals surface area (Å²) in [6.07, 6.45) is 0.578. The van der Waals surface area contributed by atoms with Gasteiger partial charge in [0, 0.05) is 17.0 Å². The van der Waals surface area contributed by atoms with Crippen LogP contribution in [0.15, 0.2) is 77.9 Å².